The Balaban J connectivity index is 1.87. The highest BCUT2D eigenvalue weighted by molar-refractivity contribution is 5.83. The molecule has 33 heavy (non-hydrogen) atoms. The predicted octanol–water partition coefficient (Wildman–Crippen LogP) is 4.26. The Morgan fingerprint density at radius 1 is 1.21 bits per heavy atom. The van der Waals surface area contributed by atoms with Crippen LogP contribution in [0.1, 0.15) is 31.7 Å². The number of nitrogens with one attached hydrogen (secondary N) is 1. The summed E-state index contributed by atoms with van der Waals surface area (Å²) in [6.45, 7) is 3.48. The van der Waals surface area contributed by atoms with Crippen LogP contribution in [0.25, 0.3) is 11.3 Å². The lowest BCUT2D eigenvalue weighted by Crippen LogP contribution is -2.40. The van der Waals surface area contributed by atoms with Gasteiger partial charge in [-0.3, -0.25) is 4.79 Å². The van der Waals surface area contributed by atoms with Gasteiger partial charge < -0.3 is 15.6 Å². The van der Waals surface area contributed by atoms with E-state index < -0.39 is 29.8 Å². The quantitative estimate of drug-likeness (QED) is 0.478. The molecule has 0 spiro atoms. The summed E-state index contributed by atoms with van der Waals surface area (Å²) in [7, 11) is 0. The van der Waals surface area contributed by atoms with Crippen molar-refractivity contribution in [3.05, 3.63) is 84.2 Å². The van der Waals surface area contributed by atoms with E-state index in [0.717, 1.165) is 23.8 Å². The largest absolute Gasteiger partial charge is 0.356 e. The minimum absolute atomic E-state index is 0.0407. The molecule has 1 aromatic heterocycles. The van der Waals surface area contributed by atoms with E-state index in [1.165, 1.54) is 0 Å². The number of carbonyl (C=O) groups excluding carboxylic acids is 1. The molecule has 2 aromatic carbocycles. The Morgan fingerprint density at radius 2 is 1.94 bits per heavy atom. The monoisotopic (exact) mass is 457 g/mol. The number of benzene rings is 2. The van der Waals surface area contributed by atoms with Crippen molar-refractivity contribution in [2.45, 2.75) is 32.9 Å². The van der Waals surface area contributed by atoms with Crippen molar-refractivity contribution in [1.82, 2.24) is 14.9 Å². The normalized spacial score (nSPS) is 12.5. The summed E-state index contributed by atoms with van der Waals surface area (Å²) in [6.07, 6.45) is 3.65. The van der Waals surface area contributed by atoms with Gasteiger partial charge in [0.2, 0.25) is 5.91 Å². The van der Waals surface area contributed by atoms with E-state index in [4.69, 9.17) is 5.73 Å². The van der Waals surface area contributed by atoms with Gasteiger partial charge in [0.05, 0.1) is 11.1 Å². The molecule has 0 aliphatic rings. The van der Waals surface area contributed by atoms with Gasteiger partial charge in [-0.15, -0.1) is 0 Å². The Morgan fingerprint density at radius 3 is 2.64 bits per heavy atom. The number of aromatic nitrogens is 2. The maximum atomic E-state index is 14.4. The van der Waals surface area contributed by atoms with Crippen molar-refractivity contribution in [1.29, 1.82) is 0 Å². The van der Waals surface area contributed by atoms with Crippen molar-refractivity contribution in [2.75, 3.05) is 13.2 Å². The topological polar surface area (TPSA) is 72.9 Å². The smallest absolute Gasteiger partial charge is 0.226 e. The maximum absolute atomic E-state index is 14.4. The number of alkyl halides is 1. The maximum Gasteiger partial charge on any atom is 0.226 e. The number of amides is 1. The van der Waals surface area contributed by atoms with Gasteiger partial charge >= 0.3 is 0 Å². The zero-order valence-electron chi connectivity index (χ0n) is 18.7. The average molecular weight is 458 g/mol. The predicted molar refractivity (Wildman–Crippen MR) is 122 cm³/mol. The number of imidazole rings is 1. The van der Waals surface area contributed by atoms with Crippen LogP contribution in [0.5, 0.6) is 0 Å². The zero-order valence-corrected chi connectivity index (χ0v) is 18.7. The number of nitrogens with two attached hydrogens (primary N) is 1. The number of rotatable bonds is 10. The van der Waals surface area contributed by atoms with Crippen LogP contribution < -0.4 is 11.1 Å². The second-order valence-corrected chi connectivity index (χ2v) is 8.55. The lowest BCUT2D eigenvalue weighted by Gasteiger charge is -2.23. The Labute approximate surface area is 191 Å². The van der Waals surface area contributed by atoms with Gasteiger partial charge in [0.25, 0.3) is 0 Å². The second kappa shape index (κ2) is 10.7. The first-order chi connectivity index (χ1) is 15.7. The molecule has 175 valence electrons. The third kappa shape index (κ3) is 6.44. The lowest BCUT2D eigenvalue weighted by atomic mass is 9.87. The summed E-state index contributed by atoms with van der Waals surface area (Å²) in [5.74, 6) is -0.992. The first kappa shape index (κ1) is 24.5. The molecule has 1 atom stereocenters. The summed E-state index contributed by atoms with van der Waals surface area (Å²) in [5, 5.41) is 2.77. The van der Waals surface area contributed by atoms with Crippen molar-refractivity contribution in [3.63, 3.8) is 0 Å². The molecule has 1 amide bonds. The molecular formula is C25H28F3N4O. The summed E-state index contributed by atoms with van der Waals surface area (Å²) >= 11 is 0. The van der Waals surface area contributed by atoms with Gasteiger partial charge in [0.15, 0.2) is 0 Å². The fraction of sp³-hybridized carbons (Fsp3) is 0.320. The first-order valence-electron chi connectivity index (χ1n) is 10.7. The van der Waals surface area contributed by atoms with Crippen LogP contribution in [0.15, 0.2) is 54.7 Å². The molecule has 8 heteroatoms. The van der Waals surface area contributed by atoms with Gasteiger partial charge in [-0.05, 0) is 30.2 Å². The van der Waals surface area contributed by atoms with Crippen LogP contribution in [-0.4, -0.2) is 34.7 Å². The highest BCUT2D eigenvalue weighted by Crippen LogP contribution is 2.29. The molecule has 3 N–H and O–H groups in total. The molecule has 5 nitrogen and oxygen atoms in total. The minimum atomic E-state index is -0.975. The van der Waals surface area contributed by atoms with Crippen molar-refractivity contribution < 1.29 is 18.0 Å². The molecule has 0 bridgehead atoms. The molecule has 3 rings (SSSR count). The van der Waals surface area contributed by atoms with E-state index in [0.29, 0.717) is 18.8 Å². The summed E-state index contributed by atoms with van der Waals surface area (Å²) in [6, 6.07) is 12.2. The highest BCUT2D eigenvalue weighted by atomic mass is 19.1. The van der Waals surface area contributed by atoms with Crippen LogP contribution in [0, 0.1) is 23.5 Å². The Hall–Kier alpha value is -3.13. The van der Waals surface area contributed by atoms with Gasteiger partial charge in [-0.1, -0.05) is 44.2 Å². The number of carbonyl (C=O) groups is 1. The number of halogens is 3. The molecule has 0 aliphatic heterocycles. The molecule has 0 saturated carbocycles. The molecule has 0 unspecified atom stereocenters. The molecule has 1 radical (unpaired) electrons. The Bertz CT molecular complexity index is 1080. The van der Waals surface area contributed by atoms with Gasteiger partial charge in [-0.25, -0.2) is 18.2 Å². The molecule has 0 fully saturated rings. The summed E-state index contributed by atoms with van der Waals surface area (Å²) in [5.41, 5.74) is 5.87. The van der Waals surface area contributed by atoms with E-state index in [1.54, 1.807) is 31.0 Å². The third-order valence-corrected chi connectivity index (χ3v) is 5.28. The van der Waals surface area contributed by atoms with E-state index >= 15 is 0 Å². The van der Waals surface area contributed by atoms with Gasteiger partial charge in [-0.2, -0.15) is 0 Å². The first-order valence-corrected chi connectivity index (χ1v) is 10.7. The number of hydrogen-bond acceptors (Lipinski definition) is 3. The second-order valence-electron chi connectivity index (χ2n) is 8.55. The number of hydrogen-bond donors (Lipinski definition) is 2. The Kier molecular flexibility index (Phi) is 7.92. The van der Waals surface area contributed by atoms with E-state index in [1.807, 2.05) is 30.3 Å². The van der Waals surface area contributed by atoms with Crippen molar-refractivity contribution >= 4 is 5.91 Å². The molecule has 1 heterocycles. The summed E-state index contributed by atoms with van der Waals surface area (Å²) < 4.78 is 42.5. The van der Waals surface area contributed by atoms with Crippen LogP contribution in [0.4, 0.5) is 13.2 Å². The SMILES string of the molecule is CC(C)([CH]c1nc(-c2cc(F)ccc2F)cn1Cc1ccccc1)C(=O)NCC[C@@H](N)CF. The fourth-order valence-electron chi connectivity index (χ4n) is 3.34. The van der Waals surface area contributed by atoms with E-state index in [2.05, 4.69) is 10.3 Å². The van der Waals surface area contributed by atoms with E-state index in [-0.39, 0.29) is 23.7 Å². The molecule has 3 aromatic rings. The van der Waals surface area contributed by atoms with Crippen molar-refractivity contribution in [2.24, 2.45) is 11.1 Å². The fourth-order valence-corrected chi connectivity index (χ4v) is 3.34. The molecular weight excluding hydrogens is 429 g/mol. The highest BCUT2D eigenvalue weighted by Gasteiger charge is 2.31. The summed E-state index contributed by atoms with van der Waals surface area (Å²) in [4.78, 5) is 17.3. The third-order valence-electron chi connectivity index (χ3n) is 5.28. The van der Waals surface area contributed by atoms with Gasteiger partial charge in [0, 0.05) is 37.3 Å². The van der Waals surface area contributed by atoms with Gasteiger partial charge in [0.1, 0.15) is 24.1 Å². The van der Waals surface area contributed by atoms with Crippen LogP contribution in [0.2, 0.25) is 0 Å². The molecule has 0 saturated heterocycles. The zero-order chi connectivity index (χ0) is 24.0. The van der Waals surface area contributed by atoms with Crippen LogP contribution >= 0.6 is 0 Å². The van der Waals surface area contributed by atoms with E-state index in [9.17, 15) is 18.0 Å². The average Bonchev–Trinajstić information content (AvgIpc) is 3.17. The number of nitrogens with zero attached hydrogens (tertiary/aromatic N) is 2. The van der Waals surface area contributed by atoms with Crippen LogP contribution in [-0.2, 0) is 11.3 Å². The standard InChI is InChI=1S/C25H28F3N4O/c1-25(2,24(33)30-11-10-19(29)14-26)13-23-31-22(20-12-18(27)8-9-21(20)28)16-32(23)15-17-6-4-3-5-7-17/h3-9,12-13,16,19H,10-11,14-15,29H2,1-2H3,(H,30,33)/t19-/m1/s1. The van der Waals surface area contributed by atoms with Crippen LogP contribution in [0.3, 0.4) is 0 Å². The molecule has 0 aliphatic carbocycles. The lowest BCUT2D eigenvalue weighted by molar-refractivity contribution is -0.127. The minimum Gasteiger partial charge on any atom is -0.356 e. The van der Waals surface area contributed by atoms with Crippen molar-refractivity contribution in [3.8, 4) is 11.3 Å².